The van der Waals surface area contributed by atoms with E-state index in [1.54, 1.807) is 7.11 Å². The van der Waals surface area contributed by atoms with Gasteiger partial charge in [-0.1, -0.05) is 36.8 Å². The molecule has 6 heteroatoms. The highest BCUT2D eigenvalue weighted by atomic mass is 16.5. The minimum Gasteiger partial charge on any atom is -0.493 e. The molecule has 2 aliphatic carbocycles. The Balaban J connectivity index is 1.55. The topological polar surface area (TPSA) is 56.6 Å². The molecular formula is C26H29N3O3. The number of carbonyl (C=O) groups excluding carboxylic acids is 1. The van der Waals surface area contributed by atoms with Crippen LogP contribution in [0.25, 0.3) is 5.69 Å². The van der Waals surface area contributed by atoms with Crippen molar-refractivity contribution in [1.82, 2.24) is 14.7 Å². The molecule has 0 atom stereocenters. The van der Waals surface area contributed by atoms with Gasteiger partial charge in [0, 0.05) is 12.0 Å². The van der Waals surface area contributed by atoms with Crippen molar-refractivity contribution in [1.29, 1.82) is 0 Å². The van der Waals surface area contributed by atoms with Gasteiger partial charge in [0.2, 0.25) is 11.8 Å². The second-order valence-corrected chi connectivity index (χ2v) is 8.69. The Morgan fingerprint density at radius 2 is 1.72 bits per heavy atom. The maximum Gasteiger partial charge on any atom is 0.228 e. The summed E-state index contributed by atoms with van der Waals surface area (Å²) >= 11 is 0. The summed E-state index contributed by atoms with van der Waals surface area (Å²) in [6, 6.07) is 17.9. The number of aryl methyl sites for hydroxylation is 1. The number of hydrogen-bond donors (Lipinski definition) is 0. The van der Waals surface area contributed by atoms with Gasteiger partial charge in [-0.25, -0.2) is 4.68 Å². The summed E-state index contributed by atoms with van der Waals surface area (Å²) in [7, 11) is 1.63. The molecule has 32 heavy (non-hydrogen) atoms. The number of para-hydroxylation sites is 3. The fourth-order valence-corrected chi connectivity index (χ4v) is 4.21. The molecule has 1 amide bonds. The zero-order chi connectivity index (χ0) is 22.1. The van der Waals surface area contributed by atoms with E-state index < -0.39 is 0 Å². The van der Waals surface area contributed by atoms with E-state index in [-0.39, 0.29) is 11.8 Å². The van der Waals surface area contributed by atoms with Crippen LogP contribution >= 0.6 is 0 Å². The fraction of sp³-hybridized carbons (Fsp3) is 0.385. The Hall–Kier alpha value is -3.28. The van der Waals surface area contributed by atoms with Crippen molar-refractivity contribution in [3.63, 3.8) is 0 Å². The molecule has 0 radical (unpaired) electrons. The number of hydrogen-bond acceptors (Lipinski definition) is 4. The SMILES string of the molecule is COc1ccccc1Oc1c(CN(C(=O)C2CCC2)C2CC2)c(C)nn1-c1ccccc1. The Labute approximate surface area is 188 Å². The minimum atomic E-state index is 0.179. The van der Waals surface area contributed by atoms with Crippen LogP contribution in [0.2, 0.25) is 0 Å². The molecule has 0 bridgehead atoms. The third-order valence-electron chi connectivity index (χ3n) is 6.47. The first-order valence-corrected chi connectivity index (χ1v) is 11.4. The van der Waals surface area contributed by atoms with Crippen LogP contribution in [0.15, 0.2) is 54.6 Å². The van der Waals surface area contributed by atoms with Crippen LogP contribution in [0.3, 0.4) is 0 Å². The minimum absolute atomic E-state index is 0.179. The summed E-state index contributed by atoms with van der Waals surface area (Å²) in [6.45, 7) is 2.51. The van der Waals surface area contributed by atoms with Gasteiger partial charge in [0.15, 0.2) is 11.5 Å². The van der Waals surface area contributed by atoms with Gasteiger partial charge in [-0.3, -0.25) is 4.79 Å². The zero-order valence-corrected chi connectivity index (χ0v) is 18.7. The maximum absolute atomic E-state index is 13.2. The van der Waals surface area contributed by atoms with Crippen molar-refractivity contribution >= 4 is 5.91 Å². The number of rotatable bonds is 8. The molecular weight excluding hydrogens is 402 g/mol. The summed E-state index contributed by atoms with van der Waals surface area (Å²) < 4.78 is 13.8. The highest BCUT2D eigenvalue weighted by Gasteiger charge is 2.39. The van der Waals surface area contributed by atoms with E-state index >= 15 is 0 Å². The van der Waals surface area contributed by atoms with Crippen LogP contribution < -0.4 is 9.47 Å². The maximum atomic E-state index is 13.2. The average molecular weight is 432 g/mol. The number of nitrogens with zero attached hydrogens (tertiary/aromatic N) is 3. The highest BCUT2D eigenvalue weighted by molar-refractivity contribution is 5.80. The molecule has 166 valence electrons. The van der Waals surface area contributed by atoms with Gasteiger partial charge in [-0.15, -0.1) is 0 Å². The molecule has 0 unspecified atom stereocenters. The van der Waals surface area contributed by atoms with Gasteiger partial charge in [-0.2, -0.15) is 5.10 Å². The molecule has 5 rings (SSSR count). The summed E-state index contributed by atoms with van der Waals surface area (Å²) in [4.78, 5) is 15.3. The van der Waals surface area contributed by atoms with E-state index in [1.165, 1.54) is 0 Å². The van der Waals surface area contributed by atoms with E-state index in [0.717, 1.165) is 49.0 Å². The van der Waals surface area contributed by atoms with Crippen LogP contribution in [0.5, 0.6) is 17.4 Å². The molecule has 0 N–H and O–H groups in total. The smallest absolute Gasteiger partial charge is 0.228 e. The van der Waals surface area contributed by atoms with E-state index in [0.29, 0.717) is 30.0 Å². The monoisotopic (exact) mass is 431 g/mol. The molecule has 0 spiro atoms. The van der Waals surface area contributed by atoms with Crippen molar-refractivity contribution in [2.45, 2.75) is 51.6 Å². The Bertz CT molecular complexity index is 1100. The quantitative estimate of drug-likeness (QED) is 0.487. The van der Waals surface area contributed by atoms with Crippen LogP contribution in [0.1, 0.15) is 43.4 Å². The lowest BCUT2D eigenvalue weighted by molar-refractivity contribution is -0.139. The molecule has 1 aromatic heterocycles. The third kappa shape index (κ3) is 3.97. The normalized spacial score (nSPS) is 15.8. The highest BCUT2D eigenvalue weighted by Crippen LogP contribution is 2.39. The first-order valence-electron chi connectivity index (χ1n) is 11.4. The molecule has 1 heterocycles. The van der Waals surface area contributed by atoms with E-state index in [9.17, 15) is 4.79 Å². The summed E-state index contributed by atoms with van der Waals surface area (Å²) in [5.41, 5.74) is 2.72. The van der Waals surface area contributed by atoms with E-state index in [4.69, 9.17) is 14.6 Å². The largest absolute Gasteiger partial charge is 0.493 e. The van der Waals surface area contributed by atoms with Gasteiger partial charge in [0.1, 0.15) is 0 Å². The molecule has 0 saturated heterocycles. The Morgan fingerprint density at radius 1 is 1.03 bits per heavy atom. The standard InChI is InChI=1S/C26H29N3O3/c1-18-22(17-28(20-15-16-20)25(30)19-9-8-10-19)26(29(27-18)21-11-4-3-5-12-21)32-24-14-7-6-13-23(24)31-2/h3-7,11-14,19-20H,8-10,15-17H2,1-2H3. The zero-order valence-electron chi connectivity index (χ0n) is 18.7. The molecule has 3 aromatic rings. The third-order valence-corrected chi connectivity index (χ3v) is 6.47. The Kier molecular flexibility index (Phi) is 5.60. The van der Waals surface area contributed by atoms with Crippen LogP contribution in [0.4, 0.5) is 0 Å². The second kappa shape index (κ2) is 8.69. The van der Waals surface area contributed by atoms with E-state index in [2.05, 4.69) is 4.90 Å². The van der Waals surface area contributed by atoms with E-state index in [1.807, 2.05) is 66.2 Å². The van der Waals surface area contributed by atoms with Crippen molar-refractivity contribution in [3.8, 4) is 23.1 Å². The lowest BCUT2D eigenvalue weighted by Crippen LogP contribution is -2.40. The summed E-state index contributed by atoms with van der Waals surface area (Å²) in [6.07, 6.45) is 5.33. The number of ether oxygens (including phenoxy) is 2. The lowest BCUT2D eigenvalue weighted by atomic mass is 9.84. The van der Waals surface area contributed by atoms with Crippen LogP contribution in [-0.4, -0.2) is 33.7 Å². The first-order chi connectivity index (χ1) is 15.7. The lowest BCUT2D eigenvalue weighted by Gasteiger charge is -2.32. The van der Waals surface area contributed by atoms with Crippen molar-refractivity contribution in [2.75, 3.05) is 7.11 Å². The molecule has 0 aliphatic heterocycles. The molecule has 2 aliphatic rings. The van der Waals surface area contributed by atoms with Crippen molar-refractivity contribution in [2.24, 2.45) is 5.92 Å². The van der Waals surface area contributed by atoms with Crippen LogP contribution in [0, 0.1) is 12.8 Å². The number of aromatic nitrogens is 2. The second-order valence-electron chi connectivity index (χ2n) is 8.69. The fourth-order valence-electron chi connectivity index (χ4n) is 4.21. The van der Waals surface area contributed by atoms with Crippen molar-refractivity contribution < 1.29 is 14.3 Å². The summed E-state index contributed by atoms with van der Waals surface area (Å²) in [5.74, 6) is 2.37. The molecule has 2 fully saturated rings. The predicted octanol–water partition coefficient (Wildman–Crippen LogP) is 5.27. The van der Waals surface area contributed by atoms with Crippen LogP contribution in [-0.2, 0) is 11.3 Å². The predicted molar refractivity (Wildman–Crippen MR) is 122 cm³/mol. The van der Waals surface area contributed by atoms with Gasteiger partial charge in [0.25, 0.3) is 0 Å². The van der Waals surface area contributed by atoms with Crippen molar-refractivity contribution in [3.05, 3.63) is 65.9 Å². The van der Waals surface area contributed by atoms with Gasteiger partial charge in [-0.05, 0) is 56.9 Å². The number of carbonyl (C=O) groups is 1. The molecule has 2 aromatic carbocycles. The molecule has 6 nitrogen and oxygen atoms in total. The Morgan fingerprint density at radius 3 is 2.34 bits per heavy atom. The molecule has 2 saturated carbocycles. The van der Waals surface area contributed by atoms with Gasteiger partial charge in [0.05, 0.1) is 30.6 Å². The number of amides is 1. The summed E-state index contributed by atoms with van der Waals surface area (Å²) in [5, 5.41) is 4.82. The van der Waals surface area contributed by atoms with Gasteiger partial charge >= 0.3 is 0 Å². The average Bonchev–Trinajstić information content (AvgIpc) is 3.57. The number of methoxy groups -OCH3 is 1. The van der Waals surface area contributed by atoms with Gasteiger partial charge < -0.3 is 14.4 Å². The first kappa shape index (κ1) is 20.6. The number of benzene rings is 2.